The highest BCUT2D eigenvalue weighted by atomic mass is 19.4. The Balaban J connectivity index is 1.70. The average Bonchev–Trinajstić information content (AvgIpc) is 3.12. The molecule has 1 saturated heterocycles. The molecule has 1 fully saturated rings. The van der Waals surface area contributed by atoms with Crippen molar-refractivity contribution in [3.63, 3.8) is 0 Å². The summed E-state index contributed by atoms with van der Waals surface area (Å²) in [5.74, 6) is 0.128. The second-order valence-corrected chi connectivity index (χ2v) is 6.10. The second-order valence-electron chi connectivity index (χ2n) is 6.10. The Morgan fingerprint density at radius 2 is 2.04 bits per heavy atom. The molecule has 0 saturated carbocycles. The van der Waals surface area contributed by atoms with Crippen LogP contribution in [0.5, 0.6) is 0 Å². The van der Waals surface area contributed by atoms with E-state index < -0.39 is 17.9 Å². The number of nitrogens with zero attached hydrogens (tertiary/aromatic N) is 4. The van der Waals surface area contributed by atoms with E-state index >= 15 is 0 Å². The third-order valence-electron chi connectivity index (χ3n) is 4.10. The van der Waals surface area contributed by atoms with Gasteiger partial charge < -0.3 is 14.7 Å². The van der Waals surface area contributed by atoms with Gasteiger partial charge >= 0.3 is 12.2 Å². The zero-order chi connectivity index (χ0) is 18.7. The number of amides is 2. The highest BCUT2D eigenvalue weighted by molar-refractivity contribution is 5.74. The first-order valence-electron chi connectivity index (χ1n) is 8.27. The van der Waals surface area contributed by atoms with Gasteiger partial charge in [0.15, 0.2) is 0 Å². The van der Waals surface area contributed by atoms with E-state index in [0.29, 0.717) is 13.1 Å². The number of halogens is 3. The third-order valence-corrected chi connectivity index (χ3v) is 4.10. The minimum Gasteiger partial charge on any atom is -0.337 e. The highest BCUT2D eigenvalue weighted by Crippen LogP contribution is 2.30. The number of hydrogen-bond acceptors (Lipinski definition) is 5. The van der Waals surface area contributed by atoms with Gasteiger partial charge in [0.05, 0.1) is 0 Å². The SMILES string of the molecule is C[C@H](NC(=O)N1CCCCC1)c1nc(-c2ccnc(C(F)(F)F)c2)no1. The number of piperidine rings is 1. The number of carbonyl (C=O) groups is 1. The second kappa shape index (κ2) is 7.30. The van der Waals surface area contributed by atoms with Crippen molar-refractivity contribution in [3.8, 4) is 11.4 Å². The monoisotopic (exact) mass is 369 g/mol. The summed E-state index contributed by atoms with van der Waals surface area (Å²) >= 11 is 0. The number of hydrogen-bond donors (Lipinski definition) is 1. The summed E-state index contributed by atoms with van der Waals surface area (Å²) in [6, 6.07) is 1.43. The summed E-state index contributed by atoms with van der Waals surface area (Å²) in [7, 11) is 0. The summed E-state index contributed by atoms with van der Waals surface area (Å²) < 4.78 is 43.4. The van der Waals surface area contributed by atoms with E-state index in [-0.39, 0.29) is 23.3 Å². The standard InChI is InChI=1S/C16H18F3N5O2/c1-10(21-15(25)24-7-3-2-4-8-24)14-22-13(23-26-14)11-5-6-20-12(9-11)16(17,18)19/h5-6,9-10H,2-4,7-8H2,1H3,(H,21,25)/t10-/m0/s1. The highest BCUT2D eigenvalue weighted by Gasteiger charge is 2.33. The summed E-state index contributed by atoms with van der Waals surface area (Å²) in [5.41, 5.74) is -0.898. The molecule has 3 heterocycles. The Labute approximate surface area is 147 Å². The molecular weight excluding hydrogens is 351 g/mol. The lowest BCUT2D eigenvalue weighted by molar-refractivity contribution is -0.141. The van der Waals surface area contributed by atoms with Crippen LogP contribution in [0.1, 0.15) is 43.8 Å². The van der Waals surface area contributed by atoms with E-state index in [0.717, 1.165) is 31.5 Å². The number of aromatic nitrogens is 3. The van der Waals surface area contributed by atoms with Gasteiger partial charge in [-0.1, -0.05) is 5.16 Å². The number of urea groups is 1. The van der Waals surface area contributed by atoms with Crippen molar-refractivity contribution in [1.82, 2.24) is 25.3 Å². The van der Waals surface area contributed by atoms with Crippen molar-refractivity contribution < 1.29 is 22.5 Å². The van der Waals surface area contributed by atoms with E-state index in [1.54, 1.807) is 11.8 Å². The molecule has 0 aliphatic carbocycles. The zero-order valence-electron chi connectivity index (χ0n) is 14.1. The maximum Gasteiger partial charge on any atom is 0.433 e. The topological polar surface area (TPSA) is 84.2 Å². The molecule has 0 unspecified atom stereocenters. The number of pyridine rings is 1. The first-order chi connectivity index (χ1) is 12.3. The van der Waals surface area contributed by atoms with Crippen LogP contribution in [-0.4, -0.2) is 39.1 Å². The van der Waals surface area contributed by atoms with Crippen LogP contribution in [0.3, 0.4) is 0 Å². The fourth-order valence-electron chi connectivity index (χ4n) is 2.69. The zero-order valence-corrected chi connectivity index (χ0v) is 14.1. The predicted molar refractivity (Wildman–Crippen MR) is 84.9 cm³/mol. The molecule has 0 spiro atoms. The first-order valence-corrected chi connectivity index (χ1v) is 8.27. The van der Waals surface area contributed by atoms with Gasteiger partial charge in [0.25, 0.3) is 0 Å². The van der Waals surface area contributed by atoms with Crippen molar-refractivity contribution in [2.75, 3.05) is 13.1 Å². The van der Waals surface area contributed by atoms with Crippen LogP contribution < -0.4 is 5.32 Å². The molecule has 1 atom stereocenters. The minimum absolute atomic E-state index is 0.00646. The van der Waals surface area contributed by atoms with E-state index in [1.807, 2.05) is 0 Å². The number of carbonyl (C=O) groups excluding carboxylic acids is 1. The van der Waals surface area contributed by atoms with Crippen LogP contribution in [0.15, 0.2) is 22.9 Å². The van der Waals surface area contributed by atoms with Crippen molar-refractivity contribution in [3.05, 3.63) is 29.9 Å². The molecule has 1 N–H and O–H groups in total. The van der Waals surface area contributed by atoms with Crippen molar-refractivity contribution in [1.29, 1.82) is 0 Å². The van der Waals surface area contributed by atoms with Gasteiger partial charge in [0, 0.05) is 24.8 Å². The summed E-state index contributed by atoms with van der Waals surface area (Å²) in [4.78, 5) is 21.3. The summed E-state index contributed by atoms with van der Waals surface area (Å²) in [5, 5.41) is 6.47. The van der Waals surface area contributed by atoms with Crippen molar-refractivity contribution in [2.24, 2.45) is 0 Å². The van der Waals surface area contributed by atoms with Crippen LogP contribution in [-0.2, 0) is 6.18 Å². The quantitative estimate of drug-likeness (QED) is 0.896. The van der Waals surface area contributed by atoms with Crippen LogP contribution >= 0.6 is 0 Å². The minimum atomic E-state index is -4.56. The van der Waals surface area contributed by atoms with Gasteiger partial charge in [-0.15, -0.1) is 0 Å². The molecule has 2 aromatic rings. The van der Waals surface area contributed by atoms with Crippen LogP contribution in [0.2, 0.25) is 0 Å². The molecule has 2 amide bonds. The molecule has 3 rings (SSSR count). The van der Waals surface area contributed by atoms with E-state index in [1.165, 1.54) is 6.07 Å². The van der Waals surface area contributed by atoms with Crippen molar-refractivity contribution >= 4 is 6.03 Å². The van der Waals surface area contributed by atoms with E-state index in [9.17, 15) is 18.0 Å². The van der Waals surface area contributed by atoms with Gasteiger partial charge in [-0.25, -0.2) is 4.79 Å². The van der Waals surface area contributed by atoms with Gasteiger partial charge in [0.2, 0.25) is 11.7 Å². The molecule has 26 heavy (non-hydrogen) atoms. The fraction of sp³-hybridized carbons (Fsp3) is 0.500. The lowest BCUT2D eigenvalue weighted by Gasteiger charge is -2.27. The Hall–Kier alpha value is -2.65. The lowest BCUT2D eigenvalue weighted by Crippen LogP contribution is -2.43. The van der Waals surface area contributed by atoms with Gasteiger partial charge in [0.1, 0.15) is 11.7 Å². The first kappa shape index (κ1) is 18.2. The molecule has 0 bridgehead atoms. The molecule has 1 aliphatic rings. The van der Waals surface area contributed by atoms with Gasteiger partial charge in [-0.05, 0) is 38.3 Å². The molecule has 1 aliphatic heterocycles. The molecule has 10 heteroatoms. The van der Waals surface area contributed by atoms with Gasteiger partial charge in [-0.2, -0.15) is 18.2 Å². The number of rotatable bonds is 3. The maximum absolute atomic E-state index is 12.8. The molecule has 0 aromatic carbocycles. The van der Waals surface area contributed by atoms with E-state index in [2.05, 4.69) is 20.4 Å². The number of alkyl halides is 3. The number of likely N-dealkylation sites (tertiary alicyclic amines) is 1. The van der Waals surface area contributed by atoms with E-state index in [4.69, 9.17) is 4.52 Å². The van der Waals surface area contributed by atoms with Gasteiger partial charge in [-0.3, -0.25) is 4.98 Å². The summed E-state index contributed by atoms with van der Waals surface area (Å²) in [6.07, 6.45) is -0.474. The maximum atomic E-state index is 12.8. The fourth-order valence-corrected chi connectivity index (χ4v) is 2.69. The van der Waals surface area contributed by atoms with Crippen LogP contribution in [0.25, 0.3) is 11.4 Å². The largest absolute Gasteiger partial charge is 0.433 e. The molecule has 7 nitrogen and oxygen atoms in total. The normalized spacial score (nSPS) is 16.4. The molecule has 2 aromatic heterocycles. The smallest absolute Gasteiger partial charge is 0.337 e. The molecule has 140 valence electrons. The van der Waals surface area contributed by atoms with Crippen LogP contribution in [0.4, 0.5) is 18.0 Å². The predicted octanol–water partition coefficient (Wildman–Crippen LogP) is 3.41. The molecule has 0 radical (unpaired) electrons. The molecular formula is C16H18F3N5O2. The lowest BCUT2D eigenvalue weighted by atomic mass is 10.1. The van der Waals surface area contributed by atoms with Crippen LogP contribution in [0, 0.1) is 0 Å². The summed E-state index contributed by atoms with van der Waals surface area (Å²) in [6.45, 7) is 3.07. The Kier molecular flexibility index (Phi) is 5.10. The average molecular weight is 369 g/mol. The Bertz CT molecular complexity index is 771. The third kappa shape index (κ3) is 4.12. The number of nitrogens with one attached hydrogen (secondary N) is 1. The Morgan fingerprint density at radius 1 is 1.31 bits per heavy atom. The Morgan fingerprint density at radius 3 is 2.73 bits per heavy atom. The van der Waals surface area contributed by atoms with Crippen molar-refractivity contribution in [2.45, 2.75) is 38.4 Å².